The fourth-order valence-corrected chi connectivity index (χ4v) is 2.53. The van der Waals surface area contributed by atoms with Crippen LogP contribution in [0.2, 0.25) is 0 Å². The summed E-state index contributed by atoms with van der Waals surface area (Å²) < 4.78 is 4.94. The van der Waals surface area contributed by atoms with Crippen molar-refractivity contribution in [2.75, 3.05) is 19.7 Å². The van der Waals surface area contributed by atoms with E-state index in [1.165, 1.54) is 4.90 Å². The predicted molar refractivity (Wildman–Crippen MR) is 74.0 cm³/mol. The molecule has 0 aromatic heterocycles. The van der Waals surface area contributed by atoms with Crippen molar-refractivity contribution in [3.05, 3.63) is 35.4 Å². The molecule has 1 aliphatic heterocycles. The second-order valence-electron chi connectivity index (χ2n) is 4.91. The van der Waals surface area contributed by atoms with Gasteiger partial charge in [-0.1, -0.05) is 12.1 Å². The van der Waals surface area contributed by atoms with Gasteiger partial charge in [0.2, 0.25) is 0 Å². The lowest BCUT2D eigenvalue weighted by Gasteiger charge is -2.31. The fourth-order valence-electron chi connectivity index (χ4n) is 2.53. The Labute approximate surface area is 118 Å². The van der Waals surface area contributed by atoms with Crippen molar-refractivity contribution in [3.63, 3.8) is 0 Å². The Balaban J connectivity index is 2.06. The SMILES string of the molecule is CCOC(=O)c1ccc(C2CCCN(C(=O)O)C2)cc1. The number of carboxylic acid groups (broad SMARTS) is 1. The number of likely N-dealkylation sites (tertiary alicyclic amines) is 1. The van der Waals surface area contributed by atoms with Crippen LogP contribution in [0.15, 0.2) is 24.3 Å². The Morgan fingerprint density at radius 2 is 2.05 bits per heavy atom. The molecule has 108 valence electrons. The summed E-state index contributed by atoms with van der Waals surface area (Å²) in [6, 6.07) is 7.27. The van der Waals surface area contributed by atoms with Crippen LogP contribution in [0.25, 0.3) is 0 Å². The summed E-state index contributed by atoms with van der Waals surface area (Å²) in [5.74, 6) is -0.119. The van der Waals surface area contributed by atoms with Crippen molar-refractivity contribution < 1.29 is 19.4 Å². The number of piperidine rings is 1. The summed E-state index contributed by atoms with van der Waals surface area (Å²) in [7, 11) is 0. The molecule has 1 N–H and O–H groups in total. The monoisotopic (exact) mass is 277 g/mol. The van der Waals surface area contributed by atoms with Crippen molar-refractivity contribution in [1.82, 2.24) is 4.90 Å². The van der Waals surface area contributed by atoms with Gasteiger partial charge in [-0.05, 0) is 37.5 Å². The minimum Gasteiger partial charge on any atom is -0.465 e. The van der Waals surface area contributed by atoms with Gasteiger partial charge < -0.3 is 14.7 Å². The van der Waals surface area contributed by atoms with E-state index in [0.717, 1.165) is 18.4 Å². The molecule has 1 aliphatic rings. The van der Waals surface area contributed by atoms with Gasteiger partial charge in [0.25, 0.3) is 0 Å². The van der Waals surface area contributed by atoms with E-state index < -0.39 is 6.09 Å². The third-order valence-electron chi connectivity index (χ3n) is 3.59. The van der Waals surface area contributed by atoms with Crippen molar-refractivity contribution in [1.29, 1.82) is 0 Å². The van der Waals surface area contributed by atoms with Crippen LogP contribution >= 0.6 is 0 Å². The van der Waals surface area contributed by atoms with E-state index in [4.69, 9.17) is 9.84 Å². The molecule has 0 saturated carbocycles. The van der Waals surface area contributed by atoms with Gasteiger partial charge in [0.1, 0.15) is 0 Å². The lowest BCUT2D eigenvalue weighted by atomic mass is 9.90. The Morgan fingerprint density at radius 1 is 1.35 bits per heavy atom. The number of esters is 1. The fraction of sp³-hybridized carbons (Fsp3) is 0.467. The van der Waals surface area contributed by atoms with Crippen LogP contribution < -0.4 is 0 Å². The van der Waals surface area contributed by atoms with Crippen LogP contribution in [0.5, 0.6) is 0 Å². The lowest BCUT2D eigenvalue weighted by Crippen LogP contribution is -2.38. The van der Waals surface area contributed by atoms with Crippen molar-refractivity contribution >= 4 is 12.1 Å². The first kappa shape index (κ1) is 14.4. The maximum atomic E-state index is 11.6. The molecule has 5 heteroatoms. The lowest BCUT2D eigenvalue weighted by molar-refractivity contribution is 0.0526. The minimum atomic E-state index is -0.863. The normalized spacial score (nSPS) is 18.6. The summed E-state index contributed by atoms with van der Waals surface area (Å²) in [6.07, 6.45) is 0.983. The molecule has 0 aliphatic carbocycles. The average Bonchev–Trinajstić information content (AvgIpc) is 2.48. The summed E-state index contributed by atoms with van der Waals surface area (Å²) in [5.41, 5.74) is 1.60. The van der Waals surface area contributed by atoms with Crippen molar-refractivity contribution in [3.8, 4) is 0 Å². The van der Waals surface area contributed by atoms with Gasteiger partial charge in [0, 0.05) is 19.0 Å². The van der Waals surface area contributed by atoms with Gasteiger partial charge >= 0.3 is 12.1 Å². The third kappa shape index (κ3) is 3.29. The Bertz CT molecular complexity index is 483. The number of nitrogens with zero attached hydrogens (tertiary/aromatic N) is 1. The summed E-state index contributed by atoms with van der Waals surface area (Å²) in [5, 5.41) is 9.04. The molecule has 0 spiro atoms. The van der Waals surface area contributed by atoms with E-state index in [2.05, 4.69) is 0 Å². The third-order valence-corrected chi connectivity index (χ3v) is 3.59. The topological polar surface area (TPSA) is 66.8 Å². The zero-order valence-electron chi connectivity index (χ0n) is 11.5. The second kappa shape index (κ2) is 6.41. The van der Waals surface area contributed by atoms with E-state index in [-0.39, 0.29) is 11.9 Å². The highest BCUT2D eigenvalue weighted by Gasteiger charge is 2.24. The van der Waals surface area contributed by atoms with E-state index in [0.29, 0.717) is 25.3 Å². The number of hydrogen-bond acceptors (Lipinski definition) is 3. The van der Waals surface area contributed by atoms with E-state index >= 15 is 0 Å². The van der Waals surface area contributed by atoms with Gasteiger partial charge in [-0.15, -0.1) is 0 Å². The highest BCUT2D eigenvalue weighted by molar-refractivity contribution is 5.89. The smallest absolute Gasteiger partial charge is 0.407 e. The highest BCUT2D eigenvalue weighted by atomic mass is 16.5. The van der Waals surface area contributed by atoms with Crippen molar-refractivity contribution in [2.24, 2.45) is 0 Å². The molecule has 1 aromatic carbocycles. The number of hydrogen-bond donors (Lipinski definition) is 1. The van der Waals surface area contributed by atoms with Gasteiger partial charge in [-0.25, -0.2) is 9.59 Å². The van der Waals surface area contributed by atoms with Crippen molar-refractivity contribution in [2.45, 2.75) is 25.7 Å². The van der Waals surface area contributed by atoms with Crippen LogP contribution in [0.4, 0.5) is 4.79 Å². The minimum absolute atomic E-state index is 0.205. The Hall–Kier alpha value is -2.04. The highest BCUT2D eigenvalue weighted by Crippen LogP contribution is 2.27. The van der Waals surface area contributed by atoms with Crippen LogP contribution in [-0.4, -0.2) is 41.8 Å². The molecule has 1 heterocycles. The zero-order chi connectivity index (χ0) is 14.5. The van der Waals surface area contributed by atoms with Crippen LogP contribution in [0.3, 0.4) is 0 Å². The van der Waals surface area contributed by atoms with Crippen LogP contribution in [0, 0.1) is 0 Å². The largest absolute Gasteiger partial charge is 0.465 e. The molecule has 1 amide bonds. The van der Waals surface area contributed by atoms with Crippen LogP contribution in [-0.2, 0) is 4.74 Å². The van der Waals surface area contributed by atoms with Gasteiger partial charge in [0.05, 0.1) is 12.2 Å². The molecule has 0 radical (unpaired) electrons. The van der Waals surface area contributed by atoms with Gasteiger partial charge in [-0.2, -0.15) is 0 Å². The Morgan fingerprint density at radius 3 is 2.65 bits per heavy atom. The maximum Gasteiger partial charge on any atom is 0.407 e. The quantitative estimate of drug-likeness (QED) is 0.863. The molecule has 1 unspecified atom stereocenters. The molecule has 1 saturated heterocycles. The Kier molecular flexibility index (Phi) is 4.61. The van der Waals surface area contributed by atoms with Crippen LogP contribution in [0.1, 0.15) is 41.6 Å². The number of carbonyl (C=O) groups is 2. The summed E-state index contributed by atoms with van der Waals surface area (Å²) >= 11 is 0. The molecule has 5 nitrogen and oxygen atoms in total. The molecule has 0 bridgehead atoms. The predicted octanol–water partition coefficient (Wildman–Crippen LogP) is 2.72. The first-order valence-electron chi connectivity index (χ1n) is 6.86. The van der Waals surface area contributed by atoms with Gasteiger partial charge in [0.15, 0.2) is 0 Å². The standard InChI is InChI=1S/C15H19NO4/c1-2-20-14(17)12-7-5-11(6-8-12)13-4-3-9-16(10-13)15(18)19/h5-8,13H,2-4,9-10H2,1H3,(H,18,19). The number of carbonyl (C=O) groups excluding carboxylic acids is 1. The van der Waals surface area contributed by atoms with E-state index in [1.54, 1.807) is 19.1 Å². The molecular formula is C15H19NO4. The van der Waals surface area contributed by atoms with E-state index in [9.17, 15) is 9.59 Å². The molecule has 1 aromatic rings. The second-order valence-corrected chi connectivity index (χ2v) is 4.91. The number of benzene rings is 1. The molecule has 20 heavy (non-hydrogen) atoms. The molecule has 1 atom stereocenters. The zero-order valence-corrected chi connectivity index (χ0v) is 11.5. The first-order chi connectivity index (χ1) is 9.61. The summed E-state index contributed by atoms with van der Waals surface area (Å²) in [6.45, 7) is 3.26. The molecule has 2 rings (SSSR count). The molecular weight excluding hydrogens is 258 g/mol. The number of ether oxygens (including phenoxy) is 1. The van der Waals surface area contributed by atoms with Gasteiger partial charge in [-0.3, -0.25) is 0 Å². The average molecular weight is 277 g/mol. The maximum absolute atomic E-state index is 11.6. The number of amides is 1. The summed E-state index contributed by atoms with van der Waals surface area (Å²) in [4.78, 5) is 24.0. The first-order valence-corrected chi connectivity index (χ1v) is 6.86. The van der Waals surface area contributed by atoms with E-state index in [1.807, 2.05) is 12.1 Å². The number of rotatable bonds is 3. The molecule has 1 fully saturated rings.